The van der Waals surface area contributed by atoms with Crippen LogP contribution in [0.2, 0.25) is 0 Å². The fourth-order valence-electron chi connectivity index (χ4n) is 2.18. The highest BCUT2D eigenvalue weighted by Crippen LogP contribution is 2.29. The molecule has 0 heterocycles. The summed E-state index contributed by atoms with van der Waals surface area (Å²) < 4.78 is 42.5. The first-order valence-electron chi connectivity index (χ1n) is 8.73. The van der Waals surface area contributed by atoms with Crippen LogP contribution in [-0.2, 0) is 20.5 Å². The molecular weight excluding hydrogens is 379 g/mol. The van der Waals surface area contributed by atoms with Gasteiger partial charge in [-0.25, -0.2) is 10.2 Å². The van der Waals surface area contributed by atoms with Crippen LogP contribution in [0.15, 0.2) is 24.3 Å². The number of carbonyl (C=O) groups is 3. The second kappa shape index (κ2) is 10.5. The lowest BCUT2D eigenvalue weighted by atomic mass is 10.2. The number of hydrogen-bond acceptors (Lipinski definition) is 4. The Labute approximate surface area is 161 Å². The van der Waals surface area contributed by atoms with Crippen molar-refractivity contribution in [1.82, 2.24) is 10.4 Å². The number of halogens is 3. The van der Waals surface area contributed by atoms with Crippen LogP contribution in [0.25, 0.3) is 0 Å². The molecule has 3 amide bonds. The molecule has 0 saturated heterocycles. The van der Waals surface area contributed by atoms with E-state index < -0.39 is 29.6 Å². The molecule has 0 atom stereocenters. The molecule has 0 radical (unpaired) electrons. The Morgan fingerprint density at radius 2 is 1.71 bits per heavy atom. The van der Waals surface area contributed by atoms with E-state index in [0.29, 0.717) is 0 Å². The van der Waals surface area contributed by atoms with Gasteiger partial charge in [0.1, 0.15) is 0 Å². The normalized spacial score (nSPS) is 11.1. The molecule has 0 saturated carbocycles. The van der Waals surface area contributed by atoms with Crippen LogP contribution in [0.1, 0.15) is 39.2 Å². The molecule has 10 heteroatoms. The Balaban J connectivity index is 2.68. The summed E-state index contributed by atoms with van der Waals surface area (Å²) in [5.41, 5.74) is 1.65. The van der Waals surface area contributed by atoms with Crippen molar-refractivity contribution < 1.29 is 32.3 Å². The first-order valence-corrected chi connectivity index (χ1v) is 8.73. The predicted molar refractivity (Wildman–Crippen MR) is 96.0 cm³/mol. The molecule has 7 nitrogen and oxygen atoms in total. The van der Waals surface area contributed by atoms with Gasteiger partial charge in [0, 0.05) is 18.7 Å². The smallest absolute Gasteiger partial charge is 0.416 e. The van der Waals surface area contributed by atoms with Crippen LogP contribution in [0, 0.1) is 5.92 Å². The maximum absolute atomic E-state index is 12.6. The van der Waals surface area contributed by atoms with Crippen molar-refractivity contribution >= 4 is 23.6 Å². The van der Waals surface area contributed by atoms with Crippen molar-refractivity contribution in [2.45, 2.75) is 39.8 Å². The number of rotatable bonds is 7. The topological polar surface area (TPSA) is 87.7 Å². The van der Waals surface area contributed by atoms with Gasteiger partial charge in [-0.3, -0.25) is 14.6 Å². The van der Waals surface area contributed by atoms with E-state index in [9.17, 15) is 27.6 Å². The second-order valence-electron chi connectivity index (χ2n) is 6.34. The maximum Gasteiger partial charge on any atom is 0.416 e. The van der Waals surface area contributed by atoms with Crippen LogP contribution in [0.4, 0.5) is 23.7 Å². The van der Waals surface area contributed by atoms with E-state index in [4.69, 9.17) is 4.74 Å². The number of ether oxygens (including phenoxy) is 1. The van der Waals surface area contributed by atoms with Gasteiger partial charge in [0.15, 0.2) is 0 Å². The number of nitrogens with zero attached hydrogens (tertiary/aromatic N) is 1. The van der Waals surface area contributed by atoms with E-state index in [1.54, 1.807) is 6.92 Å². The number of esters is 1. The third-order valence-electron chi connectivity index (χ3n) is 3.40. The number of benzene rings is 1. The average Bonchev–Trinajstić information content (AvgIpc) is 2.58. The zero-order valence-electron chi connectivity index (χ0n) is 15.9. The van der Waals surface area contributed by atoms with Gasteiger partial charge in [0.05, 0.1) is 18.6 Å². The van der Waals surface area contributed by atoms with Crippen molar-refractivity contribution in [1.29, 1.82) is 0 Å². The van der Waals surface area contributed by atoms with Crippen LogP contribution in [0.3, 0.4) is 0 Å². The summed E-state index contributed by atoms with van der Waals surface area (Å²) in [4.78, 5) is 35.8. The fourth-order valence-corrected chi connectivity index (χ4v) is 2.18. The number of anilines is 1. The molecule has 28 heavy (non-hydrogen) atoms. The molecule has 1 rings (SSSR count). The number of nitrogens with one attached hydrogen (secondary N) is 2. The Kier molecular flexibility index (Phi) is 8.75. The largest absolute Gasteiger partial charge is 0.466 e. The van der Waals surface area contributed by atoms with Gasteiger partial charge < -0.3 is 10.1 Å². The van der Waals surface area contributed by atoms with Crippen LogP contribution in [-0.4, -0.2) is 36.1 Å². The van der Waals surface area contributed by atoms with Crippen LogP contribution < -0.4 is 10.7 Å². The fraction of sp³-hybridized carbons (Fsp3) is 0.500. The Hall–Kier alpha value is -2.78. The summed E-state index contributed by atoms with van der Waals surface area (Å²) in [6.07, 6.45) is -4.74. The monoisotopic (exact) mass is 403 g/mol. The van der Waals surface area contributed by atoms with Crippen molar-refractivity contribution in [3.05, 3.63) is 29.8 Å². The van der Waals surface area contributed by atoms with Crippen molar-refractivity contribution in [2.75, 3.05) is 18.5 Å². The Bertz CT molecular complexity index is 676. The number of alkyl halides is 3. The summed E-state index contributed by atoms with van der Waals surface area (Å²) in [5.74, 6) is -0.975. The van der Waals surface area contributed by atoms with E-state index in [-0.39, 0.29) is 37.6 Å². The van der Waals surface area contributed by atoms with Crippen LogP contribution in [0.5, 0.6) is 0 Å². The van der Waals surface area contributed by atoms with Crippen LogP contribution >= 0.6 is 0 Å². The number of carbonyl (C=O) groups excluding carboxylic acids is 3. The number of urea groups is 1. The van der Waals surface area contributed by atoms with Gasteiger partial charge >= 0.3 is 18.2 Å². The average molecular weight is 403 g/mol. The molecule has 1 aromatic carbocycles. The minimum absolute atomic E-state index is 0.0258. The number of hydrogen-bond donors (Lipinski definition) is 2. The summed E-state index contributed by atoms with van der Waals surface area (Å²) >= 11 is 0. The lowest BCUT2D eigenvalue weighted by Crippen LogP contribution is -2.49. The van der Waals surface area contributed by atoms with E-state index in [0.717, 1.165) is 29.3 Å². The highest BCUT2D eigenvalue weighted by Gasteiger charge is 2.30. The van der Waals surface area contributed by atoms with Gasteiger partial charge in [0.25, 0.3) is 0 Å². The third-order valence-corrected chi connectivity index (χ3v) is 3.40. The molecule has 0 bridgehead atoms. The zero-order valence-corrected chi connectivity index (χ0v) is 15.9. The van der Waals surface area contributed by atoms with Crippen molar-refractivity contribution in [3.63, 3.8) is 0 Å². The van der Waals surface area contributed by atoms with Gasteiger partial charge in [0.2, 0.25) is 5.91 Å². The molecule has 0 unspecified atom stereocenters. The van der Waals surface area contributed by atoms with Crippen molar-refractivity contribution in [2.24, 2.45) is 5.92 Å². The van der Waals surface area contributed by atoms with Gasteiger partial charge in [-0.1, -0.05) is 13.8 Å². The van der Waals surface area contributed by atoms with Gasteiger partial charge in [-0.05, 0) is 37.1 Å². The molecule has 0 fully saturated rings. The molecule has 156 valence electrons. The number of hydrazine groups is 1. The highest BCUT2D eigenvalue weighted by molar-refractivity contribution is 5.91. The van der Waals surface area contributed by atoms with Crippen molar-refractivity contribution in [3.8, 4) is 0 Å². The molecule has 0 spiro atoms. The molecular formula is C18H24F3N3O4. The molecule has 0 aromatic heterocycles. The lowest BCUT2D eigenvalue weighted by Gasteiger charge is -2.25. The van der Waals surface area contributed by atoms with E-state index in [2.05, 4.69) is 10.7 Å². The summed E-state index contributed by atoms with van der Waals surface area (Å²) in [7, 11) is 0. The van der Waals surface area contributed by atoms with E-state index in [1.165, 1.54) is 0 Å². The van der Waals surface area contributed by atoms with E-state index in [1.807, 2.05) is 13.8 Å². The van der Waals surface area contributed by atoms with E-state index >= 15 is 0 Å². The summed E-state index contributed by atoms with van der Waals surface area (Å²) in [5, 5.41) is 3.43. The third kappa shape index (κ3) is 8.28. The minimum atomic E-state index is -4.47. The zero-order chi connectivity index (χ0) is 21.3. The maximum atomic E-state index is 12.6. The van der Waals surface area contributed by atoms with Gasteiger partial charge in [-0.2, -0.15) is 13.2 Å². The Morgan fingerprint density at radius 1 is 1.11 bits per heavy atom. The first kappa shape index (κ1) is 23.3. The van der Waals surface area contributed by atoms with Gasteiger partial charge in [-0.15, -0.1) is 0 Å². The lowest BCUT2D eigenvalue weighted by molar-refractivity contribution is -0.146. The first-order chi connectivity index (χ1) is 13.0. The Morgan fingerprint density at radius 3 is 2.21 bits per heavy atom. The molecule has 2 N–H and O–H groups in total. The molecule has 1 aromatic rings. The second-order valence-corrected chi connectivity index (χ2v) is 6.34. The quantitative estimate of drug-likeness (QED) is 0.538. The molecule has 0 aliphatic rings. The molecule has 0 aliphatic heterocycles. The number of amides is 3. The predicted octanol–water partition coefficient (Wildman–Crippen LogP) is 3.57. The summed E-state index contributed by atoms with van der Waals surface area (Å²) in [6, 6.07) is 3.11. The SMILES string of the molecule is CCOC(=O)CCC(=O)N(CC(C)C)NC(=O)Nc1ccc(C(F)(F)F)cc1. The standard InChI is InChI=1S/C18H24F3N3O4/c1-4-28-16(26)10-9-15(25)24(11-12(2)3)23-17(27)22-14-7-5-13(6-8-14)18(19,20)21/h5-8,12H,4,9-11H2,1-3H3,(H2,22,23,27). The minimum Gasteiger partial charge on any atom is -0.466 e. The molecule has 0 aliphatic carbocycles. The highest BCUT2D eigenvalue weighted by atomic mass is 19.4. The summed E-state index contributed by atoms with van der Waals surface area (Å²) in [6.45, 7) is 5.72.